The number of hydrogen-bond acceptors (Lipinski definition) is 4. The van der Waals surface area contributed by atoms with Gasteiger partial charge in [-0.2, -0.15) is 0 Å². The summed E-state index contributed by atoms with van der Waals surface area (Å²) in [5, 5.41) is 0. The molecule has 0 saturated carbocycles. The molecule has 7 heteroatoms. The van der Waals surface area contributed by atoms with Crippen LogP contribution in [0.4, 0.5) is 0 Å². The number of phosphoric ester groups is 1. The molecule has 2 N–H and O–H groups in total. The molecule has 0 fully saturated rings. The smallest absolute Gasteiger partial charge is 0.303 e. The second-order valence-corrected chi connectivity index (χ2v) is 4.18. The van der Waals surface area contributed by atoms with Crippen LogP contribution in [0.2, 0.25) is 0 Å². The van der Waals surface area contributed by atoms with Crippen LogP contribution < -0.4 is 0 Å². The van der Waals surface area contributed by atoms with E-state index in [1.165, 1.54) is 13.1 Å². The lowest BCUT2D eigenvalue weighted by atomic mass is 10.0. The fraction of sp³-hybridized carbons (Fsp3) is 0.250. The second kappa shape index (κ2) is 4.20. The monoisotopic (exact) mass is 231 g/mol. The summed E-state index contributed by atoms with van der Waals surface area (Å²) < 4.78 is 14.7. The Kier molecular flexibility index (Phi) is 3.36. The van der Waals surface area contributed by atoms with Crippen LogP contribution in [0, 0.1) is 0 Å². The Morgan fingerprint density at radius 1 is 1.60 bits per heavy atom. The zero-order chi connectivity index (χ0) is 11.6. The topological polar surface area (TPSA) is 96.2 Å². The second-order valence-electron chi connectivity index (χ2n) is 2.94. The van der Waals surface area contributed by atoms with Crippen LogP contribution in [0.5, 0.6) is 0 Å². The van der Waals surface area contributed by atoms with E-state index < -0.39 is 7.82 Å². The zero-order valence-corrected chi connectivity index (χ0v) is 8.90. The largest absolute Gasteiger partial charge is 0.469 e. The molecule has 0 aliphatic carbocycles. The number of carbonyl (C=O) groups excluding carboxylic acids is 1. The van der Waals surface area contributed by atoms with Crippen LogP contribution >= 0.6 is 7.82 Å². The van der Waals surface area contributed by atoms with Gasteiger partial charge < -0.3 is 9.79 Å². The van der Waals surface area contributed by atoms with E-state index in [2.05, 4.69) is 16.1 Å². The Hall–Kier alpha value is -1.07. The minimum Gasteiger partial charge on any atom is -0.303 e. The Morgan fingerprint density at radius 3 is 2.73 bits per heavy atom. The van der Waals surface area contributed by atoms with Gasteiger partial charge in [-0.25, -0.2) is 4.57 Å². The lowest BCUT2D eigenvalue weighted by Crippen LogP contribution is -2.18. The molecule has 0 radical (unpaired) electrons. The lowest BCUT2D eigenvalue weighted by Gasteiger charge is -2.13. The quantitative estimate of drug-likeness (QED) is 0.547. The first kappa shape index (κ1) is 12.0. The summed E-state index contributed by atoms with van der Waals surface area (Å²) >= 11 is 0. The average molecular weight is 231 g/mol. The molecule has 1 aliphatic rings. The first-order valence-electron chi connectivity index (χ1n) is 3.99. The molecule has 0 saturated heterocycles. The molecule has 1 heterocycles. The lowest BCUT2D eigenvalue weighted by molar-refractivity contribution is -0.109. The van der Waals surface area contributed by atoms with Crippen molar-refractivity contribution in [3.8, 4) is 0 Å². The van der Waals surface area contributed by atoms with Gasteiger partial charge in [0.15, 0.2) is 0 Å². The Balaban J connectivity index is 2.76. The average Bonchev–Trinajstić information content (AvgIpc) is 2.12. The van der Waals surface area contributed by atoms with E-state index in [0.717, 1.165) is 0 Å². The molecule has 0 amide bonds. The summed E-state index contributed by atoms with van der Waals surface area (Å²) in [6, 6.07) is 0. The maximum absolute atomic E-state index is 11.3. The number of phosphoric acid groups is 1. The van der Waals surface area contributed by atoms with Gasteiger partial charge in [0, 0.05) is 17.3 Å². The highest BCUT2D eigenvalue weighted by atomic mass is 31.2. The van der Waals surface area contributed by atoms with Crippen LogP contribution in [0.1, 0.15) is 6.92 Å². The number of aliphatic imine (C=N–C) groups is 1. The first-order chi connectivity index (χ1) is 6.81. The summed E-state index contributed by atoms with van der Waals surface area (Å²) in [6.07, 6.45) is 1.31. The van der Waals surface area contributed by atoms with Gasteiger partial charge >= 0.3 is 7.82 Å². The van der Waals surface area contributed by atoms with Gasteiger partial charge in [-0.05, 0) is 6.92 Å². The fourth-order valence-electron chi connectivity index (χ4n) is 0.953. The number of ketones is 1. The number of hydrogen-bond donors (Lipinski definition) is 2. The van der Waals surface area contributed by atoms with Crippen molar-refractivity contribution in [3.05, 3.63) is 23.9 Å². The minimum atomic E-state index is -4.54. The van der Waals surface area contributed by atoms with E-state index in [1.54, 1.807) is 0 Å². The molecule has 1 rings (SSSR count). The zero-order valence-electron chi connectivity index (χ0n) is 8.01. The number of Topliss-reactive ketones (excluding diaryl/α,β-unsaturated/α-hetero) is 1. The molecule has 0 aromatic carbocycles. The maximum Gasteiger partial charge on any atom is 0.469 e. The third-order valence-corrected chi connectivity index (χ3v) is 2.26. The Labute approximate surface area is 86.2 Å². The molecule has 82 valence electrons. The number of nitrogens with zero attached hydrogens (tertiary/aromatic N) is 1. The molecular weight excluding hydrogens is 221 g/mol. The highest BCUT2D eigenvalue weighted by molar-refractivity contribution is 7.46. The van der Waals surface area contributed by atoms with Crippen LogP contribution in [-0.4, -0.2) is 27.9 Å². The van der Waals surface area contributed by atoms with Gasteiger partial charge in [0.05, 0.1) is 12.3 Å². The molecule has 0 spiro atoms. The van der Waals surface area contributed by atoms with Crippen molar-refractivity contribution in [1.29, 1.82) is 0 Å². The summed E-state index contributed by atoms with van der Waals surface area (Å²) in [5.41, 5.74) is 0.713. The highest BCUT2D eigenvalue weighted by Crippen LogP contribution is 2.37. The standard InChI is InChI=1S/C8H10NO5P/c1-5-7(4-14-15(11,12)13)3-9-6(2)8(5)10/h3H,1,4H2,2H3,(H2,11,12,13). The molecular formula is C8H10NO5P. The minimum absolute atomic E-state index is 0.149. The summed E-state index contributed by atoms with van der Waals surface area (Å²) in [6.45, 7) is 4.65. The molecule has 1 aliphatic heterocycles. The summed E-state index contributed by atoms with van der Waals surface area (Å²) in [4.78, 5) is 32.0. The molecule has 0 bridgehead atoms. The third kappa shape index (κ3) is 3.21. The Morgan fingerprint density at radius 2 is 2.20 bits per heavy atom. The SMILES string of the molecule is C=C1C(=O)C(C)=NC=C1COP(=O)(O)O. The van der Waals surface area contributed by atoms with Gasteiger partial charge in [-0.15, -0.1) is 0 Å². The van der Waals surface area contributed by atoms with Crippen LogP contribution in [0.3, 0.4) is 0 Å². The van der Waals surface area contributed by atoms with Crippen molar-refractivity contribution in [2.45, 2.75) is 6.92 Å². The highest BCUT2D eigenvalue weighted by Gasteiger charge is 2.22. The molecule has 0 unspecified atom stereocenters. The molecule has 0 aromatic heterocycles. The van der Waals surface area contributed by atoms with Crippen molar-refractivity contribution in [1.82, 2.24) is 0 Å². The van der Waals surface area contributed by atoms with E-state index in [1.807, 2.05) is 0 Å². The van der Waals surface area contributed by atoms with Gasteiger partial charge in [-0.3, -0.25) is 14.3 Å². The summed E-state index contributed by atoms with van der Waals surface area (Å²) in [7, 11) is -4.54. The van der Waals surface area contributed by atoms with Crippen molar-refractivity contribution in [3.63, 3.8) is 0 Å². The van der Waals surface area contributed by atoms with Crippen molar-refractivity contribution in [2.24, 2.45) is 4.99 Å². The molecule has 0 atom stereocenters. The van der Waals surface area contributed by atoms with E-state index in [4.69, 9.17) is 9.79 Å². The van der Waals surface area contributed by atoms with E-state index in [-0.39, 0.29) is 23.5 Å². The molecule has 15 heavy (non-hydrogen) atoms. The van der Waals surface area contributed by atoms with E-state index in [0.29, 0.717) is 5.71 Å². The molecule has 6 nitrogen and oxygen atoms in total. The third-order valence-electron chi connectivity index (χ3n) is 1.79. The van der Waals surface area contributed by atoms with E-state index in [9.17, 15) is 9.36 Å². The van der Waals surface area contributed by atoms with Crippen molar-refractivity contribution < 1.29 is 23.7 Å². The van der Waals surface area contributed by atoms with Gasteiger partial charge in [0.2, 0.25) is 5.78 Å². The van der Waals surface area contributed by atoms with Crippen molar-refractivity contribution >= 4 is 19.3 Å². The van der Waals surface area contributed by atoms with E-state index >= 15 is 0 Å². The number of rotatable bonds is 3. The van der Waals surface area contributed by atoms with Crippen LogP contribution in [-0.2, 0) is 13.9 Å². The first-order valence-corrected chi connectivity index (χ1v) is 5.52. The van der Waals surface area contributed by atoms with Gasteiger partial charge in [0.1, 0.15) is 0 Å². The van der Waals surface area contributed by atoms with Crippen LogP contribution in [0.25, 0.3) is 0 Å². The fourth-order valence-corrected chi connectivity index (χ4v) is 1.26. The van der Waals surface area contributed by atoms with Gasteiger partial charge in [-0.1, -0.05) is 6.58 Å². The molecule has 0 aromatic rings. The van der Waals surface area contributed by atoms with Crippen LogP contribution in [0.15, 0.2) is 28.9 Å². The van der Waals surface area contributed by atoms with Gasteiger partial charge in [0.25, 0.3) is 0 Å². The Bertz CT molecular complexity index is 417. The normalized spacial score (nSPS) is 17.5. The predicted octanol–water partition coefficient (Wildman–Crippen LogP) is 0.579. The number of carbonyl (C=O) groups is 1. The summed E-state index contributed by atoms with van der Waals surface area (Å²) in [5.74, 6) is -0.346. The van der Waals surface area contributed by atoms with Crippen molar-refractivity contribution in [2.75, 3.05) is 6.61 Å². The predicted molar refractivity (Wildman–Crippen MR) is 53.3 cm³/mol. The maximum atomic E-state index is 11.3.